The molecule has 20 heavy (non-hydrogen) atoms. The van der Waals surface area contributed by atoms with Gasteiger partial charge >= 0.3 is 0 Å². The number of aromatic nitrogens is 1. The SMILES string of the molecule is Cc1cc2c(NCCNS(C)(=O)=O)ccc(N)c2cn1. The monoisotopic (exact) mass is 294 g/mol. The first-order chi connectivity index (χ1) is 9.37. The van der Waals surface area contributed by atoms with Crippen LogP contribution in [0.1, 0.15) is 5.69 Å². The minimum Gasteiger partial charge on any atom is -0.398 e. The number of hydrogen-bond donors (Lipinski definition) is 3. The molecule has 0 atom stereocenters. The second kappa shape index (κ2) is 5.64. The number of fused-ring (bicyclic) bond motifs is 1. The molecule has 0 aliphatic rings. The van der Waals surface area contributed by atoms with Crippen molar-refractivity contribution in [2.24, 2.45) is 0 Å². The van der Waals surface area contributed by atoms with Crippen molar-refractivity contribution in [2.45, 2.75) is 6.92 Å². The number of pyridine rings is 1. The van der Waals surface area contributed by atoms with Gasteiger partial charge in [-0.05, 0) is 25.1 Å². The average Bonchev–Trinajstić information content (AvgIpc) is 2.35. The van der Waals surface area contributed by atoms with Crippen molar-refractivity contribution in [3.8, 4) is 0 Å². The molecule has 0 unspecified atom stereocenters. The highest BCUT2D eigenvalue weighted by Gasteiger charge is 2.05. The number of nitrogens with two attached hydrogens (primary N) is 1. The molecular formula is C13H18N4O2S. The fraction of sp³-hybridized carbons (Fsp3) is 0.308. The molecule has 4 N–H and O–H groups in total. The maximum Gasteiger partial charge on any atom is 0.208 e. The van der Waals surface area contributed by atoms with E-state index in [1.807, 2.05) is 25.1 Å². The van der Waals surface area contributed by atoms with Gasteiger partial charge < -0.3 is 11.1 Å². The number of nitrogen functional groups attached to an aromatic ring is 1. The number of benzene rings is 1. The van der Waals surface area contributed by atoms with Crippen LogP contribution < -0.4 is 15.8 Å². The van der Waals surface area contributed by atoms with E-state index < -0.39 is 10.0 Å². The maximum atomic E-state index is 11.0. The number of anilines is 2. The molecule has 2 rings (SSSR count). The molecule has 0 bridgehead atoms. The molecule has 1 aromatic heterocycles. The van der Waals surface area contributed by atoms with Crippen molar-refractivity contribution < 1.29 is 8.42 Å². The topological polar surface area (TPSA) is 97.1 Å². The number of nitrogens with one attached hydrogen (secondary N) is 2. The Morgan fingerprint density at radius 2 is 2.00 bits per heavy atom. The third-order valence-electron chi connectivity index (χ3n) is 2.88. The first kappa shape index (κ1) is 14.5. The second-order valence-corrected chi connectivity index (χ2v) is 6.50. The lowest BCUT2D eigenvalue weighted by atomic mass is 10.1. The van der Waals surface area contributed by atoms with Crippen molar-refractivity contribution in [3.05, 3.63) is 30.1 Å². The fourth-order valence-corrected chi connectivity index (χ4v) is 2.43. The molecule has 0 spiro atoms. The third kappa shape index (κ3) is 3.58. The Kier molecular flexibility index (Phi) is 4.10. The number of aryl methyl sites for hydroxylation is 1. The molecule has 1 heterocycles. The number of hydrogen-bond acceptors (Lipinski definition) is 5. The highest BCUT2D eigenvalue weighted by Crippen LogP contribution is 2.28. The minimum atomic E-state index is -3.15. The second-order valence-electron chi connectivity index (χ2n) is 4.67. The Labute approximate surface area is 118 Å². The molecule has 0 fully saturated rings. The van der Waals surface area contributed by atoms with Crippen molar-refractivity contribution in [2.75, 3.05) is 30.4 Å². The van der Waals surface area contributed by atoms with Crippen LogP contribution in [-0.4, -0.2) is 32.7 Å². The van der Waals surface area contributed by atoms with Gasteiger partial charge in [-0.15, -0.1) is 0 Å². The molecule has 0 radical (unpaired) electrons. The van der Waals surface area contributed by atoms with Crippen LogP contribution in [0.4, 0.5) is 11.4 Å². The van der Waals surface area contributed by atoms with Gasteiger partial charge in [-0.2, -0.15) is 0 Å². The van der Waals surface area contributed by atoms with Crippen LogP contribution in [0.3, 0.4) is 0 Å². The Morgan fingerprint density at radius 1 is 1.25 bits per heavy atom. The summed E-state index contributed by atoms with van der Waals surface area (Å²) in [5, 5.41) is 5.07. The number of rotatable bonds is 5. The van der Waals surface area contributed by atoms with E-state index >= 15 is 0 Å². The molecule has 7 heteroatoms. The summed E-state index contributed by atoms with van der Waals surface area (Å²) >= 11 is 0. The molecule has 0 aliphatic heterocycles. The first-order valence-electron chi connectivity index (χ1n) is 6.20. The highest BCUT2D eigenvalue weighted by atomic mass is 32.2. The minimum absolute atomic E-state index is 0.328. The van der Waals surface area contributed by atoms with E-state index in [0.717, 1.165) is 28.4 Å². The number of sulfonamides is 1. The van der Waals surface area contributed by atoms with Gasteiger partial charge in [-0.25, -0.2) is 13.1 Å². The quantitative estimate of drug-likeness (QED) is 0.566. The molecule has 0 saturated carbocycles. The molecule has 2 aromatic rings. The Morgan fingerprint density at radius 3 is 2.70 bits per heavy atom. The van der Waals surface area contributed by atoms with Crippen LogP contribution in [0.5, 0.6) is 0 Å². The fourth-order valence-electron chi connectivity index (χ4n) is 1.95. The van der Waals surface area contributed by atoms with Crippen LogP contribution >= 0.6 is 0 Å². The maximum absolute atomic E-state index is 11.0. The summed E-state index contributed by atoms with van der Waals surface area (Å²) in [6.45, 7) is 2.74. The van der Waals surface area contributed by atoms with E-state index in [1.165, 1.54) is 0 Å². The predicted octanol–water partition coefficient (Wildman–Crippen LogP) is 1.09. The van der Waals surface area contributed by atoms with E-state index in [9.17, 15) is 8.42 Å². The number of nitrogens with zero attached hydrogens (tertiary/aromatic N) is 1. The zero-order valence-electron chi connectivity index (χ0n) is 11.5. The Balaban J connectivity index is 2.18. The molecule has 0 amide bonds. The largest absolute Gasteiger partial charge is 0.398 e. The molecule has 108 valence electrons. The predicted molar refractivity (Wildman–Crippen MR) is 82.2 cm³/mol. The van der Waals surface area contributed by atoms with E-state index in [1.54, 1.807) is 6.20 Å². The summed E-state index contributed by atoms with van der Waals surface area (Å²) in [4.78, 5) is 4.24. The highest BCUT2D eigenvalue weighted by molar-refractivity contribution is 7.88. The molecule has 6 nitrogen and oxygen atoms in total. The van der Waals surface area contributed by atoms with Crippen molar-refractivity contribution in [1.82, 2.24) is 9.71 Å². The summed E-state index contributed by atoms with van der Waals surface area (Å²) in [5.74, 6) is 0. The smallest absolute Gasteiger partial charge is 0.208 e. The average molecular weight is 294 g/mol. The van der Waals surface area contributed by atoms with Crippen LogP contribution in [0.25, 0.3) is 10.8 Å². The first-order valence-corrected chi connectivity index (χ1v) is 8.09. The van der Waals surface area contributed by atoms with Gasteiger partial charge in [-0.3, -0.25) is 4.98 Å². The van der Waals surface area contributed by atoms with Gasteiger partial charge in [0.05, 0.1) is 6.26 Å². The van der Waals surface area contributed by atoms with Gasteiger partial charge in [0.1, 0.15) is 0 Å². The van der Waals surface area contributed by atoms with E-state index in [4.69, 9.17) is 5.73 Å². The van der Waals surface area contributed by atoms with E-state index in [0.29, 0.717) is 18.8 Å². The van der Waals surface area contributed by atoms with Crippen molar-refractivity contribution >= 4 is 32.2 Å². The molecule has 0 aliphatic carbocycles. The zero-order valence-corrected chi connectivity index (χ0v) is 12.3. The Hall–Kier alpha value is -1.86. The summed E-state index contributed by atoms with van der Waals surface area (Å²) in [7, 11) is -3.15. The molecule has 0 saturated heterocycles. The van der Waals surface area contributed by atoms with E-state index in [-0.39, 0.29) is 0 Å². The summed E-state index contributed by atoms with van der Waals surface area (Å²) < 4.78 is 24.4. The molecular weight excluding hydrogens is 276 g/mol. The summed E-state index contributed by atoms with van der Waals surface area (Å²) in [6, 6.07) is 5.65. The van der Waals surface area contributed by atoms with Crippen molar-refractivity contribution in [3.63, 3.8) is 0 Å². The lowest BCUT2D eigenvalue weighted by Crippen LogP contribution is -2.27. The van der Waals surface area contributed by atoms with Crippen molar-refractivity contribution in [1.29, 1.82) is 0 Å². The van der Waals surface area contributed by atoms with E-state index in [2.05, 4.69) is 15.0 Å². The lowest BCUT2D eigenvalue weighted by molar-refractivity contribution is 0.589. The Bertz CT molecular complexity index is 728. The van der Waals surface area contributed by atoms with Gasteiger partial charge in [0.15, 0.2) is 0 Å². The summed E-state index contributed by atoms with van der Waals surface area (Å²) in [5.41, 5.74) is 8.42. The lowest BCUT2D eigenvalue weighted by Gasteiger charge is -2.12. The van der Waals surface area contributed by atoms with Crippen LogP contribution in [0.15, 0.2) is 24.4 Å². The van der Waals surface area contributed by atoms with Gasteiger partial charge in [0.2, 0.25) is 10.0 Å². The summed E-state index contributed by atoms with van der Waals surface area (Å²) in [6.07, 6.45) is 2.89. The van der Waals surface area contributed by atoms with Gasteiger partial charge in [0, 0.05) is 47.1 Å². The van der Waals surface area contributed by atoms with Crippen LogP contribution in [-0.2, 0) is 10.0 Å². The molecule has 1 aromatic carbocycles. The van der Waals surface area contributed by atoms with Crippen LogP contribution in [0.2, 0.25) is 0 Å². The van der Waals surface area contributed by atoms with Crippen LogP contribution in [0, 0.1) is 6.92 Å². The standard InChI is InChI=1S/C13H18N4O2S/c1-9-7-10-11(8-16-9)12(14)3-4-13(10)15-5-6-17-20(2,18)19/h3-4,7-8,15,17H,5-6,14H2,1-2H3. The third-order valence-corrected chi connectivity index (χ3v) is 3.60. The zero-order chi connectivity index (χ0) is 14.8. The normalized spacial score (nSPS) is 11.7. The van der Waals surface area contributed by atoms with Gasteiger partial charge in [-0.1, -0.05) is 0 Å². The van der Waals surface area contributed by atoms with Gasteiger partial charge in [0.25, 0.3) is 0 Å².